The van der Waals surface area contributed by atoms with Gasteiger partial charge in [-0.2, -0.15) is 0 Å². The molecule has 3 nitrogen and oxygen atoms in total. The van der Waals surface area contributed by atoms with Crippen LogP contribution in [-0.4, -0.2) is 25.3 Å². The Balaban J connectivity index is 2.29. The molecule has 0 spiro atoms. The number of hydrogen-bond acceptors (Lipinski definition) is 3. The fourth-order valence-electron chi connectivity index (χ4n) is 1.34. The topological polar surface area (TPSA) is 35.5 Å². The van der Waals surface area contributed by atoms with Crippen LogP contribution < -0.4 is 0 Å². The lowest BCUT2D eigenvalue weighted by Crippen LogP contribution is -2.23. The lowest BCUT2D eigenvalue weighted by Gasteiger charge is -2.15. The van der Waals surface area contributed by atoms with Gasteiger partial charge in [0.05, 0.1) is 12.7 Å². The molecule has 0 aromatic carbocycles. The van der Waals surface area contributed by atoms with Gasteiger partial charge in [0.1, 0.15) is 6.61 Å². The van der Waals surface area contributed by atoms with Crippen molar-refractivity contribution in [3.63, 3.8) is 0 Å². The Kier molecular flexibility index (Phi) is 3.09. The van der Waals surface area contributed by atoms with Gasteiger partial charge in [-0.15, -0.1) is 0 Å². The quantitative estimate of drug-likeness (QED) is 0.587. The maximum Gasteiger partial charge on any atom is 0.302 e. The number of carbonyl (C=O) groups is 1. The minimum absolute atomic E-state index is 0.101. The largest absolute Gasteiger partial charge is 0.463 e. The molecule has 0 amide bonds. The second-order valence-corrected chi connectivity index (χ2v) is 3.51. The summed E-state index contributed by atoms with van der Waals surface area (Å²) >= 11 is 0. The third kappa shape index (κ3) is 2.21. The summed E-state index contributed by atoms with van der Waals surface area (Å²) in [6.07, 6.45) is 0.101. The third-order valence-corrected chi connectivity index (χ3v) is 2.51. The van der Waals surface area contributed by atoms with Crippen molar-refractivity contribution in [2.45, 2.75) is 26.9 Å². The smallest absolute Gasteiger partial charge is 0.302 e. The zero-order chi connectivity index (χ0) is 9.14. The molecule has 12 heavy (non-hydrogen) atoms. The van der Waals surface area contributed by atoms with Crippen LogP contribution in [0.5, 0.6) is 0 Å². The summed E-state index contributed by atoms with van der Waals surface area (Å²) in [5, 5.41) is 0. The van der Waals surface area contributed by atoms with Crippen molar-refractivity contribution < 1.29 is 14.3 Å². The van der Waals surface area contributed by atoms with Crippen LogP contribution in [0.1, 0.15) is 20.8 Å². The van der Waals surface area contributed by atoms with Gasteiger partial charge in [0.15, 0.2) is 0 Å². The van der Waals surface area contributed by atoms with Gasteiger partial charge in [-0.1, -0.05) is 13.8 Å². The maximum absolute atomic E-state index is 10.5. The molecule has 3 heteroatoms. The first kappa shape index (κ1) is 9.52. The second-order valence-electron chi connectivity index (χ2n) is 3.51. The fourth-order valence-corrected chi connectivity index (χ4v) is 1.34. The highest BCUT2D eigenvalue weighted by Crippen LogP contribution is 2.26. The lowest BCUT2D eigenvalue weighted by molar-refractivity contribution is -0.144. The highest BCUT2D eigenvalue weighted by molar-refractivity contribution is 5.65. The van der Waals surface area contributed by atoms with Crippen molar-refractivity contribution in [1.82, 2.24) is 0 Å². The van der Waals surface area contributed by atoms with Crippen molar-refractivity contribution in [3.8, 4) is 0 Å². The average Bonchev–Trinajstić information content (AvgIpc) is 2.30. The van der Waals surface area contributed by atoms with Crippen LogP contribution in [0.4, 0.5) is 0 Å². The van der Waals surface area contributed by atoms with Crippen molar-refractivity contribution in [1.29, 1.82) is 0 Å². The van der Waals surface area contributed by atoms with Crippen LogP contribution in [0, 0.1) is 11.8 Å². The third-order valence-electron chi connectivity index (χ3n) is 2.51. The summed E-state index contributed by atoms with van der Waals surface area (Å²) < 4.78 is 10.3. The monoisotopic (exact) mass is 172 g/mol. The summed E-state index contributed by atoms with van der Waals surface area (Å²) in [5.74, 6) is 0.834. The lowest BCUT2D eigenvalue weighted by atomic mass is 9.95. The van der Waals surface area contributed by atoms with Crippen molar-refractivity contribution in [2.75, 3.05) is 13.2 Å². The van der Waals surface area contributed by atoms with Gasteiger partial charge in [0.2, 0.25) is 0 Å². The SMILES string of the molecule is CC(=O)OCC1OCC(C)C1C. The number of rotatable bonds is 2. The van der Waals surface area contributed by atoms with Gasteiger partial charge in [0, 0.05) is 6.92 Å². The molecule has 0 N–H and O–H groups in total. The molecule has 0 bridgehead atoms. The summed E-state index contributed by atoms with van der Waals surface area (Å²) in [6.45, 7) is 6.89. The van der Waals surface area contributed by atoms with E-state index in [1.165, 1.54) is 6.92 Å². The highest BCUT2D eigenvalue weighted by atomic mass is 16.6. The van der Waals surface area contributed by atoms with E-state index in [2.05, 4.69) is 13.8 Å². The second kappa shape index (κ2) is 3.90. The van der Waals surface area contributed by atoms with Crippen LogP contribution in [0.2, 0.25) is 0 Å². The normalized spacial score (nSPS) is 35.1. The summed E-state index contributed by atoms with van der Waals surface area (Å²) in [6, 6.07) is 0. The van der Waals surface area contributed by atoms with E-state index in [-0.39, 0.29) is 12.1 Å². The Morgan fingerprint density at radius 1 is 1.58 bits per heavy atom. The molecule has 1 saturated heterocycles. The molecule has 3 unspecified atom stereocenters. The maximum atomic E-state index is 10.5. The van der Waals surface area contributed by atoms with E-state index in [0.29, 0.717) is 18.4 Å². The molecule has 1 heterocycles. The van der Waals surface area contributed by atoms with Crippen LogP contribution >= 0.6 is 0 Å². The van der Waals surface area contributed by atoms with Gasteiger partial charge in [-0.3, -0.25) is 4.79 Å². The van der Waals surface area contributed by atoms with Crippen molar-refractivity contribution >= 4 is 5.97 Å². The molecule has 1 fully saturated rings. The summed E-state index contributed by atoms with van der Waals surface area (Å²) in [4.78, 5) is 10.5. The molecule has 1 rings (SSSR count). The minimum atomic E-state index is -0.231. The van der Waals surface area contributed by atoms with E-state index in [1.54, 1.807) is 0 Å². The first-order valence-electron chi connectivity index (χ1n) is 4.36. The Labute approximate surface area is 73.0 Å². The molecule has 0 saturated carbocycles. The zero-order valence-electron chi connectivity index (χ0n) is 7.87. The van der Waals surface area contributed by atoms with Gasteiger partial charge < -0.3 is 9.47 Å². The summed E-state index contributed by atoms with van der Waals surface area (Å²) in [5.41, 5.74) is 0. The molecule has 3 atom stereocenters. The van der Waals surface area contributed by atoms with Crippen LogP contribution in [0.15, 0.2) is 0 Å². The van der Waals surface area contributed by atoms with Gasteiger partial charge in [-0.25, -0.2) is 0 Å². The first-order valence-corrected chi connectivity index (χ1v) is 4.36. The molecule has 0 radical (unpaired) electrons. The molecule has 1 aliphatic heterocycles. The zero-order valence-corrected chi connectivity index (χ0v) is 7.87. The molecule has 70 valence electrons. The average molecular weight is 172 g/mol. The van der Waals surface area contributed by atoms with Crippen LogP contribution in [0.3, 0.4) is 0 Å². The van der Waals surface area contributed by atoms with Gasteiger partial charge >= 0.3 is 5.97 Å². The van der Waals surface area contributed by atoms with E-state index in [0.717, 1.165) is 6.61 Å². The van der Waals surface area contributed by atoms with E-state index in [4.69, 9.17) is 9.47 Å². The Morgan fingerprint density at radius 2 is 2.25 bits per heavy atom. The molecule has 1 aliphatic rings. The summed E-state index contributed by atoms with van der Waals surface area (Å²) in [7, 11) is 0. The fraction of sp³-hybridized carbons (Fsp3) is 0.889. The highest BCUT2D eigenvalue weighted by Gasteiger charge is 2.31. The molecule has 0 aliphatic carbocycles. The number of ether oxygens (including phenoxy) is 2. The molecule has 0 aromatic rings. The minimum Gasteiger partial charge on any atom is -0.463 e. The van der Waals surface area contributed by atoms with E-state index in [1.807, 2.05) is 0 Å². The Morgan fingerprint density at radius 3 is 2.67 bits per heavy atom. The standard InChI is InChI=1S/C9H16O3/c1-6-4-12-9(7(6)2)5-11-8(3)10/h6-7,9H,4-5H2,1-3H3. The number of carbonyl (C=O) groups excluding carboxylic acids is 1. The predicted molar refractivity (Wildman–Crippen MR) is 44.7 cm³/mol. The Hall–Kier alpha value is -0.570. The number of esters is 1. The van der Waals surface area contributed by atoms with Gasteiger partial charge in [-0.05, 0) is 11.8 Å². The van der Waals surface area contributed by atoms with Crippen LogP contribution in [-0.2, 0) is 14.3 Å². The van der Waals surface area contributed by atoms with Gasteiger partial charge in [0.25, 0.3) is 0 Å². The van der Waals surface area contributed by atoms with E-state index < -0.39 is 0 Å². The van der Waals surface area contributed by atoms with Crippen LogP contribution in [0.25, 0.3) is 0 Å². The number of hydrogen-bond donors (Lipinski definition) is 0. The first-order chi connectivity index (χ1) is 5.61. The predicted octanol–water partition coefficient (Wildman–Crippen LogP) is 1.22. The Bertz CT molecular complexity index is 167. The van der Waals surface area contributed by atoms with E-state index in [9.17, 15) is 4.79 Å². The van der Waals surface area contributed by atoms with Crippen molar-refractivity contribution in [2.24, 2.45) is 11.8 Å². The molecular formula is C9H16O3. The van der Waals surface area contributed by atoms with Crippen molar-refractivity contribution in [3.05, 3.63) is 0 Å². The molecular weight excluding hydrogens is 156 g/mol. The molecule has 0 aromatic heterocycles. The van der Waals surface area contributed by atoms with E-state index >= 15 is 0 Å².